The van der Waals surface area contributed by atoms with Crippen molar-refractivity contribution in [1.82, 2.24) is 10.3 Å². The molecule has 0 fully saturated rings. The monoisotopic (exact) mass is 332 g/mol. The molecule has 0 spiro atoms. The Morgan fingerprint density at radius 1 is 1.30 bits per heavy atom. The van der Waals surface area contributed by atoms with Crippen molar-refractivity contribution in [3.8, 4) is 16.3 Å². The van der Waals surface area contributed by atoms with Gasteiger partial charge in [0.05, 0.1) is 6.10 Å². The molecule has 124 valence electrons. The van der Waals surface area contributed by atoms with Gasteiger partial charge in [0.2, 0.25) is 0 Å². The van der Waals surface area contributed by atoms with E-state index >= 15 is 0 Å². The maximum atomic E-state index is 12.1. The van der Waals surface area contributed by atoms with Gasteiger partial charge in [-0.15, -0.1) is 11.3 Å². The third kappa shape index (κ3) is 5.36. The van der Waals surface area contributed by atoms with E-state index in [0.717, 1.165) is 22.7 Å². The molecule has 0 saturated carbocycles. The van der Waals surface area contributed by atoms with Gasteiger partial charge in [0, 0.05) is 17.5 Å². The molecule has 0 radical (unpaired) electrons. The van der Waals surface area contributed by atoms with E-state index in [1.165, 1.54) is 11.3 Å². The van der Waals surface area contributed by atoms with Gasteiger partial charge < -0.3 is 10.1 Å². The van der Waals surface area contributed by atoms with Crippen molar-refractivity contribution in [2.24, 2.45) is 5.92 Å². The zero-order valence-electron chi connectivity index (χ0n) is 14.1. The van der Waals surface area contributed by atoms with Gasteiger partial charge in [0.15, 0.2) is 0 Å². The third-order valence-corrected chi connectivity index (χ3v) is 4.09. The maximum Gasteiger partial charge on any atom is 0.270 e. The summed E-state index contributed by atoms with van der Waals surface area (Å²) < 4.78 is 5.70. The van der Waals surface area contributed by atoms with Gasteiger partial charge in [-0.05, 0) is 38.3 Å². The van der Waals surface area contributed by atoms with Crippen LogP contribution < -0.4 is 10.1 Å². The summed E-state index contributed by atoms with van der Waals surface area (Å²) in [6.45, 7) is 8.95. The number of benzene rings is 1. The number of rotatable bonds is 7. The van der Waals surface area contributed by atoms with E-state index in [9.17, 15) is 4.79 Å². The van der Waals surface area contributed by atoms with Crippen molar-refractivity contribution in [2.45, 2.75) is 40.2 Å². The second-order valence-corrected chi connectivity index (χ2v) is 7.03. The summed E-state index contributed by atoms with van der Waals surface area (Å²) >= 11 is 1.47. The van der Waals surface area contributed by atoms with Crippen LogP contribution in [-0.4, -0.2) is 23.5 Å². The second kappa shape index (κ2) is 8.11. The number of thiazole rings is 1. The highest BCUT2D eigenvalue weighted by molar-refractivity contribution is 7.13. The predicted octanol–water partition coefficient (Wildman–Crippen LogP) is 4.37. The zero-order valence-corrected chi connectivity index (χ0v) is 14.9. The van der Waals surface area contributed by atoms with Gasteiger partial charge in [-0.1, -0.05) is 26.0 Å². The molecule has 0 bridgehead atoms. The van der Waals surface area contributed by atoms with Gasteiger partial charge >= 0.3 is 0 Å². The molecular formula is C18H24N2O2S. The Labute approximate surface area is 141 Å². The van der Waals surface area contributed by atoms with Crippen molar-refractivity contribution in [3.05, 3.63) is 35.3 Å². The molecule has 2 aromatic rings. The van der Waals surface area contributed by atoms with Crippen LogP contribution in [-0.2, 0) is 0 Å². The van der Waals surface area contributed by atoms with Crippen LogP contribution in [0.5, 0.6) is 5.75 Å². The minimum absolute atomic E-state index is 0.109. The Balaban J connectivity index is 2.05. The Kier molecular flexibility index (Phi) is 6.16. The van der Waals surface area contributed by atoms with Gasteiger partial charge in [0.25, 0.3) is 5.91 Å². The van der Waals surface area contributed by atoms with E-state index < -0.39 is 0 Å². The van der Waals surface area contributed by atoms with Crippen LogP contribution in [0.2, 0.25) is 0 Å². The first-order chi connectivity index (χ1) is 11.0. The van der Waals surface area contributed by atoms with Crippen LogP contribution >= 0.6 is 11.3 Å². The van der Waals surface area contributed by atoms with Crippen LogP contribution in [0.4, 0.5) is 0 Å². The van der Waals surface area contributed by atoms with Crippen molar-refractivity contribution < 1.29 is 9.53 Å². The fraction of sp³-hybridized carbons (Fsp3) is 0.444. The summed E-state index contributed by atoms with van der Waals surface area (Å²) in [5, 5.41) is 5.54. The fourth-order valence-electron chi connectivity index (χ4n) is 2.05. The minimum atomic E-state index is -0.109. The SMILES string of the molecule is CC(C)CCNC(=O)c1csc(-c2cccc(OC(C)C)c2)n1. The average molecular weight is 332 g/mol. The second-order valence-electron chi connectivity index (χ2n) is 6.17. The topological polar surface area (TPSA) is 51.2 Å². The fourth-order valence-corrected chi connectivity index (χ4v) is 2.85. The normalized spacial score (nSPS) is 11.0. The molecular weight excluding hydrogens is 308 g/mol. The molecule has 1 amide bonds. The van der Waals surface area contributed by atoms with Crippen LogP contribution in [0.3, 0.4) is 0 Å². The number of carbonyl (C=O) groups is 1. The maximum absolute atomic E-state index is 12.1. The number of ether oxygens (including phenoxy) is 1. The molecule has 1 heterocycles. The lowest BCUT2D eigenvalue weighted by Gasteiger charge is -2.10. The molecule has 0 aliphatic carbocycles. The van der Waals surface area contributed by atoms with Gasteiger partial charge in [-0.3, -0.25) is 4.79 Å². The molecule has 0 aliphatic rings. The van der Waals surface area contributed by atoms with Crippen molar-refractivity contribution >= 4 is 17.2 Å². The highest BCUT2D eigenvalue weighted by atomic mass is 32.1. The number of aromatic nitrogens is 1. The molecule has 1 aromatic heterocycles. The number of hydrogen-bond donors (Lipinski definition) is 1. The molecule has 1 aromatic carbocycles. The molecule has 4 nitrogen and oxygen atoms in total. The lowest BCUT2D eigenvalue weighted by atomic mass is 10.1. The van der Waals surface area contributed by atoms with Crippen LogP contribution in [0.15, 0.2) is 29.6 Å². The van der Waals surface area contributed by atoms with Crippen molar-refractivity contribution in [1.29, 1.82) is 0 Å². The summed E-state index contributed by atoms with van der Waals surface area (Å²) in [6.07, 6.45) is 1.10. The number of nitrogens with one attached hydrogen (secondary N) is 1. The van der Waals surface area contributed by atoms with E-state index in [0.29, 0.717) is 18.2 Å². The standard InChI is InChI=1S/C18H24N2O2S/c1-12(2)8-9-19-17(21)16-11-23-18(20-16)14-6-5-7-15(10-14)22-13(3)4/h5-7,10-13H,8-9H2,1-4H3,(H,19,21). The first-order valence-electron chi connectivity index (χ1n) is 7.96. The first kappa shape index (κ1) is 17.5. The molecule has 1 N–H and O–H groups in total. The summed E-state index contributed by atoms with van der Waals surface area (Å²) in [5.41, 5.74) is 1.44. The minimum Gasteiger partial charge on any atom is -0.491 e. The molecule has 0 saturated heterocycles. The molecule has 2 rings (SSSR count). The zero-order chi connectivity index (χ0) is 16.8. The number of hydrogen-bond acceptors (Lipinski definition) is 4. The lowest BCUT2D eigenvalue weighted by Crippen LogP contribution is -2.25. The van der Waals surface area contributed by atoms with Crippen molar-refractivity contribution in [3.63, 3.8) is 0 Å². The van der Waals surface area contributed by atoms with E-state index in [4.69, 9.17) is 4.74 Å². The Morgan fingerprint density at radius 3 is 2.78 bits per heavy atom. The summed E-state index contributed by atoms with van der Waals surface area (Å²) in [7, 11) is 0. The predicted molar refractivity (Wildman–Crippen MR) is 95.1 cm³/mol. The summed E-state index contributed by atoms with van der Waals surface area (Å²) in [4.78, 5) is 16.5. The van der Waals surface area contributed by atoms with Gasteiger partial charge in [0.1, 0.15) is 16.5 Å². The van der Waals surface area contributed by atoms with Crippen LogP contribution in [0.1, 0.15) is 44.6 Å². The lowest BCUT2D eigenvalue weighted by molar-refractivity contribution is 0.0948. The molecule has 0 unspecified atom stereocenters. The Hall–Kier alpha value is -1.88. The van der Waals surface area contributed by atoms with Gasteiger partial charge in [-0.2, -0.15) is 0 Å². The Morgan fingerprint density at radius 2 is 2.09 bits per heavy atom. The number of carbonyl (C=O) groups excluding carboxylic acids is 1. The molecule has 0 atom stereocenters. The number of amides is 1. The van der Waals surface area contributed by atoms with E-state index in [1.54, 1.807) is 5.38 Å². The van der Waals surface area contributed by atoms with E-state index in [-0.39, 0.29) is 12.0 Å². The average Bonchev–Trinajstić information content (AvgIpc) is 2.96. The largest absolute Gasteiger partial charge is 0.491 e. The van der Waals surface area contributed by atoms with Crippen LogP contribution in [0.25, 0.3) is 10.6 Å². The molecule has 23 heavy (non-hydrogen) atoms. The third-order valence-electron chi connectivity index (χ3n) is 3.20. The van der Waals surface area contributed by atoms with E-state index in [1.807, 2.05) is 38.1 Å². The van der Waals surface area contributed by atoms with E-state index in [2.05, 4.69) is 24.1 Å². The number of nitrogens with zero attached hydrogens (tertiary/aromatic N) is 1. The first-order valence-corrected chi connectivity index (χ1v) is 8.84. The molecule has 0 aliphatic heterocycles. The Bertz CT molecular complexity index is 650. The van der Waals surface area contributed by atoms with Gasteiger partial charge in [-0.25, -0.2) is 4.98 Å². The van der Waals surface area contributed by atoms with Crippen molar-refractivity contribution in [2.75, 3.05) is 6.54 Å². The summed E-state index contributed by atoms with van der Waals surface area (Å²) in [6, 6.07) is 7.80. The highest BCUT2D eigenvalue weighted by Crippen LogP contribution is 2.27. The quantitative estimate of drug-likeness (QED) is 0.819. The highest BCUT2D eigenvalue weighted by Gasteiger charge is 2.12. The van der Waals surface area contributed by atoms with Crippen LogP contribution in [0, 0.1) is 5.92 Å². The smallest absolute Gasteiger partial charge is 0.270 e. The molecule has 5 heteroatoms. The summed E-state index contributed by atoms with van der Waals surface area (Å²) in [5.74, 6) is 1.28.